The Hall–Kier alpha value is -6.31. The van der Waals surface area contributed by atoms with Crippen molar-refractivity contribution in [2.24, 2.45) is 0 Å². The maximum atomic E-state index is 14.6. The molecule has 6 aromatic carbocycles. The number of imide groups is 2. The summed E-state index contributed by atoms with van der Waals surface area (Å²) in [5, 5.41) is 11.5. The number of methoxy groups -OCH3 is 2. The largest absolute Gasteiger partial charge is 1.00 e. The molecule has 21 heteroatoms. The van der Waals surface area contributed by atoms with Gasteiger partial charge in [-0.1, -0.05) is 82.8 Å². The lowest BCUT2D eigenvalue weighted by molar-refractivity contribution is 0.0452. The number of halogens is 6. The minimum Gasteiger partial charge on any atom is -1.00 e. The van der Waals surface area contributed by atoms with Crippen molar-refractivity contribution in [3.63, 3.8) is 0 Å². The third-order valence-electron chi connectivity index (χ3n) is 10.6. The molecule has 2 aliphatic rings. The number of amides is 4. The van der Waals surface area contributed by atoms with Gasteiger partial charge in [0.05, 0.1) is 75.9 Å². The molecule has 2 heterocycles. The summed E-state index contributed by atoms with van der Waals surface area (Å²) < 4.78 is 80.2. The van der Waals surface area contributed by atoms with Crippen LogP contribution in [-0.2, 0) is 14.3 Å². The second-order valence-corrected chi connectivity index (χ2v) is 18.6. The zero-order valence-electron chi connectivity index (χ0n) is 38.9. The minimum absolute atomic E-state index is 0. The SMILES string of the molecule is COc1c(OC[C@@H](CN2C(=O)c3ccccc3C2=O)OS(C)(=O)=O)cc(F)cc1-c1c(Cl)cccc1Cl.COc1c(OC[C@H](O)CN2C(=O)c3ccccc3C2=O)cc(F)cc1-c1c(Cl)cccc1Cl.[2H-].[CH3-]. The third-order valence-corrected chi connectivity index (χ3v) is 12.5. The Morgan fingerprint density at radius 2 is 0.915 bits per heavy atom. The van der Waals surface area contributed by atoms with E-state index < -0.39 is 70.7 Å². The van der Waals surface area contributed by atoms with E-state index in [2.05, 4.69) is 0 Å². The van der Waals surface area contributed by atoms with Crippen LogP contribution < -0.4 is 18.9 Å². The number of ether oxygens (including phenoxy) is 4. The van der Waals surface area contributed by atoms with Gasteiger partial charge < -0.3 is 32.9 Å². The van der Waals surface area contributed by atoms with Gasteiger partial charge in [-0.2, -0.15) is 8.42 Å². The van der Waals surface area contributed by atoms with Gasteiger partial charge in [0.2, 0.25) is 0 Å². The highest BCUT2D eigenvalue weighted by Gasteiger charge is 2.38. The van der Waals surface area contributed by atoms with Crippen molar-refractivity contribution in [2.45, 2.75) is 12.2 Å². The van der Waals surface area contributed by atoms with E-state index in [4.69, 9.17) is 69.5 Å². The number of carbonyl (C=O) groups is 4. The van der Waals surface area contributed by atoms with E-state index in [1.165, 1.54) is 38.5 Å². The Morgan fingerprint density at radius 1 is 0.563 bits per heavy atom. The molecule has 0 fully saturated rings. The fraction of sp³-hybridized carbons (Fsp3) is 0.180. The quantitative estimate of drug-likeness (QED) is 0.0553. The summed E-state index contributed by atoms with van der Waals surface area (Å²) in [7, 11) is -1.32. The fourth-order valence-corrected chi connectivity index (χ4v) is 9.47. The first-order valence-electron chi connectivity index (χ1n) is 20.7. The Morgan fingerprint density at radius 3 is 1.27 bits per heavy atom. The maximum absolute atomic E-state index is 14.6. The van der Waals surface area contributed by atoms with Gasteiger partial charge in [-0.3, -0.25) is 33.2 Å². The van der Waals surface area contributed by atoms with Crippen molar-refractivity contribution in [3.05, 3.63) is 171 Å². The molecule has 0 saturated heterocycles. The number of aliphatic hydroxyl groups excluding tert-OH is 1. The zero-order valence-corrected chi connectivity index (χ0v) is 41.7. The van der Waals surface area contributed by atoms with Gasteiger partial charge in [0.15, 0.2) is 23.0 Å². The van der Waals surface area contributed by atoms with Crippen LogP contribution in [0.2, 0.25) is 20.1 Å². The van der Waals surface area contributed by atoms with Gasteiger partial charge in [-0.15, -0.1) is 0 Å². The highest BCUT2D eigenvalue weighted by Crippen LogP contribution is 2.46. The molecule has 0 saturated carbocycles. The number of fused-ring (bicyclic) bond motifs is 2. The van der Waals surface area contributed by atoms with Gasteiger partial charge in [-0.05, 0) is 60.7 Å². The molecule has 0 unspecified atom stereocenters. The molecule has 0 bridgehead atoms. The van der Waals surface area contributed by atoms with E-state index in [0.29, 0.717) is 21.2 Å². The first-order valence-corrected chi connectivity index (χ1v) is 24.0. The molecule has 2 aliphatic heterocycles. The number of aliphatic hydroxyl groups is 1. The highest BCUT2D eigenvalue weighted by molar-refractivity contribution is 7.86. The van der Waals surface area contributed by atoms with Gasteiger partial charge in [0.25, 0.3) is 33.7 Å². The van der Waals surface area contributed by atoms with Crippen LogP contribution in [-0.4, -0.2) is 106 Å². The molecular formula is C50H42Cl4F2N2O12S-2. The second kappa shape index (κ2) is 22.8. The summed E-state index contributed by atoms with van der Waals surface area (Å²) in [5.41, 5.74) is 2.11. The normalized spacial score (nSPS) is 13.7. The standard InChI is InChI=1S/C25H20Cl2FNO7S.C24H18Cl2FNO5.CH3.H/c1-34-23-18(22-19(26)8-5-9-20(22)27)10-14(28)11-21(23)35-13-15(36-37(2,32)33)12-29-24(30)16-6-3-4-7-17(16)25(29)31;1-32-22-17(21-18(25)7-4-8-19(21)26)9-13(27)10-20(22)33-12-14(29)11-28-23(30)15-5-2-3-6-16(15)24(28)31;;/h3-11,15H,12-13H2,1-2H3;2-10,14,29H,11-12H2,1H3;1H3;/q;;2*-1/t15-;14-;;/m11../s1/i;;;1+1. The Kier molecular flexibility index (Phi) is 17.4. The number of hydrogen-bond acceptors (Lipinski definition) is 12. The zero-order chi connectivity index (χ0) is 50.6. The number of benzene rings is 6. The van der Waals surface area contributed by atoms with Crippen molar-refractivity contribution in [2.75, 3.05) is 46.8 Å². The predicted molar refractivity (Wildman–Crippen MR) is 265 cm³/mol. The van der Waals surface area contributed by atoms with E-state index in [1.807, 2.05) is 0 Å². The monoisotopic (exact) mass is 1070 g/mol. The average molecular weight is 1080 g/mol. The van der Waals surface area contributed by atoms with Gasteiger partial charge >= 0.3 is 0 Å². The van der Waals surface area contributed by atoms with Crippen molar-refractivity contribution < 1.29 is 66.0 Å². The maximum Gasteiger partial charge on any atom is 0.264 e. The molecule has 0 spiro atoms. The lowest BCUT2D eigenvalue weighted by atomic mass is 10.0. The molecular weight excluding hydrogens is 1030 g/mol. The van der Waals surface area contributed by atoms with Crippen LogP contribution in [0.15, 0.2) is 109 Å². The first kappa shape index (κ1) is 54.0. The lowest BCUT2D eigenvalue weighted by Crippen LogP contribution is -2.41. The van der Waals surface area contributed by atoms with E-state index in [-0.39, 0.29) is 88.4 Å². The molecule has 71 heavy (non-hydrogen) atoms. The molecule has 0 radical (unpaired) electrons. The van der Waals surface area contributed by atoms with Crippen molar-refractivity contribution in [3.8, 4) is 45.3 Å². The van der Waals surface area contributed by atoms with Crippen molar-refractivity contribution >= 4 is 80.2 Å². The van der Waals surface area contributed by atoms with Crippen LogP contribution in [0.25, 0.3) is 22.3 Å². The van der Waals surface area contributed by atoms with E-state index in [0.717, 1.165) is 28.2 Å². The molecule has 2 atom stereocenters. The van der Waals surface area contributed by atoms with E-state index >= 15 is 0 Å². The Bertz CT molecular complexity index is 3060. The third kappa shape index (κ3) is 11.9. The second-order valence-electron chi connectivity index (χ2n) is 15.4. The summed E-state index contributed by atoms with van der Waals surface area (Å²) in [4.78, 5) is 52.3. The van der Waals surface area contributed by atoms with Gasteiger partial charge in [0.1, 0.15) is 37.1 Å². The van der Waals surface area contributed by atoms with Crippen LogP contribution in [0.5, 0.6) is 23.0 Å². The lowest BCUT2D eigenvalue weighted by Gasteiger charge is -2.23. The number of carbonyl (C=O) groups excluding carboxylic acids is 4. The van der Waals surface area contributed by atoms with Crippen LogP contribution in [0.3, 0.4) is 0 Å². The molecule has 14 nitrogen and oxygen atoms in total. The minimum atomic E-state index is -4.03. The number of rotatable bonds is 16. The molecule has 0 aromatic heterocycles. The van der Waals surface area contributed by atoms with Gasteiger partial charge in [-0.25, -0.2) is 8.78 Å². The van der Waals surface area contributed by atoms with Crippen LogP contribution in [0, 0.1) is 19.1 Å². The molecule has 1 N–H and O–H groups in total. The first-order chi connectivity index (χ1) is 33.3. The topological polar surface area (TPSA) is 175 Å². The Labute approximate surface area is 428 Å². The summed E-state index contributed by atoms with van der Waals surface area (Å²) >= 11 is 25.1. The number of nitrogens with zero attached hydrogens (tertiary/aromatic N) is 2. The molecule has 374 valence electrons. The predicted octanol–water partition coefficient (Wildman–Crippen LogP) is 10.2. The highest BCUT2D eigenvalue weighted by atomic mass is 35.5. The summed E-state index contributed by atoms with van der Waals surface area (Å²) in [6.45, 7) is -1.52. The summed E-state index contributed by atoms with van der Waals surface area (Å²) in [6, 6.07) is 26.8. The fourth-order valence-electron chi connectivity index (χ4n) is 7.66. The van der Waals surface area contributed by atoms with Crippen LogP contribution in [0.4, 0.5) is 8.78 Å². The number of hydrogen-bond donors (Lipinski definition) is 1. The van der Waals surface area contributed by atoms with Crippen LogP contribution in [0.1, 0.15) is 42.9 Å². The van der Waals surface area contributed by atoms with E-state index in [9.17, 15) is 41.5 Å². The number of β-amino-alcohol motifs (C(OH)–C–C–N with tert-alkyl or cyclic N) is 1. The van der Waals surface area contributed by atoms with E-state index in [1.54, 1.807) is 72.8 Å². The van der Waals surface area contributed by atoms with Crippen molar-refractivity contribution in [1.82, 2.24) is 9.80 Å². The molecule has 6 aromatic rings. The Balaban J connectivity index is 0.000000262. The average Bonchev–Trinajstić information content (AvgIpc) is 3.69. The molecule has 4 amide bonds. The molecule has 8 rings (SSSR count). The van der Waals surface area contributed by atoms with Crippen LogP contribution >= 0.6 is 46.4 Å². The summed E-state index contributed by atoms with van der Waals surface area (Å²) in [6.07, 6.45) is -1.71. The molecule has 0 aliphatic carbocycles. The summed E-state index contributed by atoms with van der Waals surface area (Å²) in [5.74, 6) is -3.36. The smallest absolute Gasteiger partial charge is 0.264 e. The van der Waals surface area contributed by atoms with Crippen molar-refractivity contribution in [1.29, 1.82) is 0 Å². The van der Waals surface area contributed by atoms with Gasteiger partial charge in [0, 0.05) is 34.4 Å².